The summed E-state index contributed by atoms with van der Waals surface area (Å²) in [6, 6.07) is 0. The Balaban J connectivity index is 1.57. The number of hydrogen-bond acceptors (Lipinski definition) is 3. The lowest BCUT2D eigenvalue weighted by atomic mass is 9.33. The molecule has 11 atom stereocenters. The number of carbonyl (C=O) groups is 2. The molecule has 5 aliphatic carbocycles. The molecule has 0 amide bonds. The highest BCUT2D eigenvalue weighted by molar-refractivity contribution is 5.77. The first-order valence-electron chi connectivity index (χ1n) is 14.8. The predicted molar refractivity (Wildman–Crippen MR) is 142 cm³/mol. The van der Waals surface area contributed by atoms with Crippen LogP contribution in [0.3, 0.4) is 0 Å². The third kappa shape index (κ3) is 3.17. The van der Waals surface area contributed by atoms with Gasteiger partial charge in [0.1, 0.15) is 11.5 Å². The van der Waals surface area contributed by atoms with E-state index in [9.17, 15) is 14.7 Å². The SMILES string of the molecule is CC(=O)O[C@@H]1CC[C@]2(C)[C@H]3CC=C4[C@@H]5[C@@H](C)[C@H](C)CC[C@]5(C)CC[C@@]4(C)[C@]3(C)CC[C@@H]2[C@]1(C)C(=O)O. The molecule has 0 aromatic rings. The Morgan fingerprint density at radius 2 is 1.61 bits per heavy atom. The number of allylic oxidation sites excluding steroid dienone is 2. The Kier molecular flexibility index (Phi) is 5.91. The lowest BCUT2D eigenvalue weighted by Crippen LogP contribution is -2.66. The molecule has 4 saturated carbocycles. The summed E-state index contributed by atoms with van der Waals surface area (Å²) in [6.45, 7) is 18.4. The number of carboxylic acid groups (broad SMARTS) is 1. The van der Waals surface area contributed by atoms with E-state index in [1.165, 1.54) is 32.6 Å². The van der Waals surface area contributed by atoms with Crippen LogP contribution >= 0.6 is 0 Å². The van der Waals surface area contributed by atoms with Gasteiger partial charge in [-0.05, 0) is 116 Å². The first-order valence-corrected chi connectivity index (χ1v) is 14.8. The quantitative estimate of drug-likeness (QED) is 0.313. The third-order valence-corrected chi connectivity index (χ3v) is 13.8. The Hall–Kier alpha value is -1.32. The summed E-state index contributed by atoms with van der Waals surface area (Å²) >= 11 is 0. The van der Waals surface area contributed by atoms with Crippen molar-refractivity contribution in [1.82, 2.24) is 0 Å². The third-order valence-electron chi connectivity index (χ3n) is 13.8. The molecular weight excluding hydrogens is 448 g/mol. The minimum absolute atomic E-state index is 0.0136. The largest absolute Gasteiger partial charge is 0.481 e. The van der Waals surface area contributed by atoms with Crippen LogP contribution in [0.25, 0.3) is 0 Å². The molecule has 0 saturated heterocycles. The topological polar surface area (TPSA) is 63.6 Å². The van der Waals surface area contributed by atoms with Gasteiger partial charge in [-0.3, -0.25) is 9.59 Å². The van der Waals surface area contributed by atoms with Gasteiger partial charge in [-0.2, -0.15) is 0 Å². The highest BCUT2D eigenvalue weighted by atomic mass is 16.5. The van der Waals surface area contributed by atoms with E-state index in [0.717, 1.165) is 37.5 Å². The average Bonchev–Trinajstić information content (AvgIpc) is 2.79. The van der Waals surface area contributed by atoms with Crippen molar-refractivity contribution in [3.63, 3.8) is 0 Å². The molecule has 4 fully saturated rings. The summed E-state index contributed by atoms with van der Waals surface area (Å²) < 4.78 is 5.69. The highest BCUT2D eigenvalue weighted by Gasteiger charge is 2.70. The van der Waals surface area contributed by atoms with Crippen LogP contribution in [0.4, 0.5) is 0 Å². The molecule has 202 valence electrons. The molecule has 0 aromatic heterocycles. The number of esters is 1. The molecule has 0 unspecified atom stereocenters. The van der Waals surface area contributed by atoms with Crippen molar-refractivity contribution in [3.8, 4) is 0 Å². The van der Waals surface area contributed by atoms with Gasteiger partial charge in [-0.15, -0.1) is 0 Å². The molecule has 0 aliphatic heterocycles. The number of carbonyl (C=O) groups excluding carboxylic acids is 1. The van der Waals surface area contributed by atoms with Gasteiger partial charge in [-0.1, -0.05) is 53.2 Å². The standard InChI is InChI=1S/C32H50O4/c1-19-11-14-28(4)17-18-30(6)22(26(28)20(19)2)9-10-23-29(5)15-13-25(36-21(3)33)32(8,27(34)35)24(29)12-16-31(23,30)7/h9,19-20,23-26H,10-18H2,1-8H3,(H,34,35)/t19-,20+,23-,24+,25-,26+,28-,29-,30-,31-,32+/m1/s1. The average molecular weight is 499 g/mol. The smallest absolute Gasteiger partial charge is 0.313 e. The summed E-state index contributed by atoms with van der Waals surface area (Å²) in [5.74, 6) is 1.47. The summed E-state index contributed by atoms with van der Waals surface area (Å²) in [5.41, 5.74) is 1.40. The second kappa shape index (κ2) is 8.09. The monoisotopic (exact) mass is 498 g/mol. The fraction of sp³-hybridized carbons (Fsp3) is 0.875. The first-order chi connectivity index (χ1) is 16.6. The van der Waals surface area contributed by atoms with Gasteiger partial charge in [0.2, 0.25) is 0 Å². The van der Waals surface area contributed by atoms with Crippen LogP contribution in [0, 0.1) is 56.7 Å². The van der Waals surface area contributed by atoms with Crippen molar-refractivity contribution in [2.45, 2.75) is 119 Å². The van der Waals surface area contributed by atoms with Crippen molar-refractivity contribution in [1.29, 1.82) is 0 Å². The van der Waals surface area contributed by atoms with E-state index in [2.05, 4.69) is 47.6 Å². The molecule has 4 nitrogen and oxygen atoms in total. The number of aliphatic carboxylic acids is 1. The summed E-state index contributed by atoms with van der Waals surface area (Å²) in [4.78, 5) is 24.8. The maximum atomic E-state index is 12.9. The van der Waals surface area contributed by atoms with Gasteiger partial charge in [-0.25, -0.2) is 0 Å². The molecule has 4 heteroatoms. The van der Waals surface area contributed by atoms with Crippen LogP contribution in [-0.4, -0.2) is 23.1 Å². The zero-order chi connectivity index (χ0) is 26.5. The van der Waals surface area contributed by atoms with E-state index in [-0.39, 0.29) is 28.1 Å². The molecule has 0 bridgehead atoms. The zero-order valence-electron chi connectivity index (χ0n) is 24.1. The van der Waals surface area contributed by atoms with Crippen molar-refractivity contribution < 1.29 is 19.4 Å². The Bertz CT molecular complexity index is 985. The minimum Gasteiger partial charge on any atom is -0.481 e. The van der Waals surface area contributed by atoms with Gasteiger partial charge in [0, 0.05) is 6.92 Å². The van der Waals surface area contributed by atoms with Crippen LogP contribution in [0.15, 0.2) is 11.6 Å². The lowest BCUT2D eigenvalue weighted by Gasteiger charge is -2.71. The number of carboxylic acids is 1. The molecule has 0 radical (unpaired) electrons. The van der Waals surface area contributed by atoms with E-state index in [1.807, 2.05) is 6.92 Å². The van der Waals surface area contributed by atoms with Gasteiger partial charge in [0.15, 0.2) is 0 Å². The molecular formula is C32H50O4. The first kappa shape index (κ1) is 26.3. The molecule has 1 N–H and O–H groups in total. The number of fused-ring (bicyclic) bond motifs is 7. The van der Waals surface area contributed by atoms with E-state index >= 15 is 0 Å². The van der Waals surface area contributed by atoms with E-state index < -0.39 is 17.5 Å². The Morgan fingerprint density at radius 3 is 2.25 bits per heavy atom. The van der Waals surface area contributed by atoms with Crippen LogP contribution in [0.1, 0.15) is 113 Å². The minimum atomic E-state index is -1.04. The highest BCUT2D eigenvalue weighted by Crippen LogP contribution is 2.75. The van der Waals surface area contributed by atoms with E-state index in [1.54, 1.807) is 5.57 Å². The second-order valence-corrected chi connectivity index (χ2v) is 15.0. The van der Waals surface area contributed by atoms with Gasteiger partial charge < -0.3 is 9.84 Å². The van der Waals surface area contributed by atoms with Gasteiger partial charge in [0.25, 0.3) is 0 Å². The summed E-state index contributed by atoms with van der Waals surface area (Å²) in [5, 5.41) is 10.5. The van der Waals surface area contributed by atoms with Gasteiger partial charge >= 0.3 is 11.9 Å². The summed E-state index contributed by atoms with van der Waals surface area (Å²) in [6.07, 6.45) is 12.0. The molecule has 5 rings (SSSR count). The number of rotatable bonds is 2. The molecule has 5 aliphatic rings. The normalized spacial score (nSPS) is 54.2. The molecule has 0 heterocycles. The lowest BCUT2D eigenvalue weighted by molar-refractivity contribution is -0.223. The molecule has 36 heavy (non-hydrogen) atoms. The maximum absolute atomic E-state index is 12.9. The molecule has 0 aromatic carbocycles. The number of ether oxygens (including phenoxy) is 1. The van der Waals surface area contributed by atoms with Crippen LogP contribution in [0.2, 0.25) is 0 Å². The maximum Gasteiger partial charge on any atom is 0.313 e. The van der Waals surface area contributed by atoms with Crippen LogP contribution < -0.4 is 0 Å². The van der Waals surface area contributed by atoms with Crippen molar-refractivity contribution in [2.24, 2.45) is 56.7 Å². The van der Waals surface area contributed by atoms with Crippen LogP contribution in [0.5, 0.6) is 0 Å². The Morgan fingerprint density at radius 1 is 0.917 bits per heavy atom. The second-order valence-electron chi connectivity index (χ2n) is 15.0. The predicted octanol–water partition coefficient (Wildman–Crippen LogP) is 7.66. The van der Waals surface area contributed by atoms with Crippen LogP contribution in [-0.2, 0) is 14.3 Å². The Labute approximate surface area is 219 Å². The van der Waals surface area contributed by atoms with Crippen molar-refractivity contribution in [2.75, 3.05) is 0 Å². The van der Waals surface area contributed by atoms with Gasteiger partial charge in [0.05, 0.1) is 0 Å². The zero-order valence-corrected chi connectivity index (χ0v) is 24.1. The fourth-order valence-electron chi connectivity index (χ4n) is 11.2. The van der Waals surface area contributed by atoms with E-state index in [0.29, 0.717) is 23.7 Å². The van der Waals surface area contributed by atoms with Crippen molar-refractivity contribution >= 4 is 11.9 Å². The van der Waals surface area contributed by atoms with Crippen molar-refractivity contribution in [3.05, 3.63) is 11.6 Å². The molecule has 0 spiro atoms. The fourth-order valence-corrected chi connectivity index (χ4v) is 11.2. The number of hydrogen-bond donors (Lipinski definition) is 1. The van der Waals surface area contributed by atoms with E-state index in [4.69, 9.17) is 4.74 Å². The summed E-state index contributed by atoms with van der Waals surface area (Å²) in [7, 11) is 0.